The number of amides is 3. The summed E-state index contributed by atoms with van der Waals surface area (Å²) in [6, 6.07) is 17.8. The van der Waals surface area contributed by atoms with Gasteiger partial charge in [0.1, 0.15) is 24.0 Å². The Balaban J connectivity index is 1.31. The molecule has 0 aliphatic carbocycles. The van der Waals surface area contributed by atoms with Gasteiger partial charge in [-0.25, -0.2) is 18.9 Å². The number of carbonyl (C=O) groups is 2. The second-order valence-corrected chi connectivity index (χ2v) is 10.4. The fourth-order valence-electron chi connectivity index (χ4n) is 4.32. The number of aromatic nitrogens is 3. The Morgan fingerprint density at radius 1 is 1.21 bits per heavy atom. The van der Waals surface area contributed by atoms with Gasteiger partial charge in [0.05, 0.1) is 28.9 Å². The monoisotopic (exact) mass is 599 g/mol. The van der Waals surface area contributed by atoms with Crippen LogP contribution in [0.15, 0.2) is 72.0 Å². The first-order chi connectivity index (χ1) is 20.8. The lowest BCUT2D eigenvalue weighted by Gasteiger charge is -2.23. The third kappa shape index (κ3) is 6.56. The minimum absolute atomic E-state index is 0.0537. The van der Waals surface area contributed by atoms with Crippen molar-refractivity contribution >= 4 is 40.2 Å². The summed E-state index contributed by atoms with van der Waals surface area (Å²) in [5.74, 6) is 0.00288. The molecule has 3 amide bonds. The highest BCUT2D eigenvalue weighted by molar-refractivity contribution is 8.15. The van der Waals surface area contributed by atoms with Crippen molar-refractivity contribution in [3.05, 3.63) is 83.9 Å². The Hall–Kier alpha value is -5.06. The number of aryl methyl sites for hydroxylation is 1. The molecule has 1 unspecified atom stereocenters. The minimum atomic E-state index is -0.826. The van der Waals surface area contributed by atoms with E-state index in [0.717, 1.165) is 22.9 Å². The number of thioether (sulfide) groups is 1. The van der Waals surface area contributed by atoms with Gasteiger partial charge in [0.15, 0.2) is 17.6 Å². The van der Waals surface area contributed by atoms with Gasteiger partial charge in [-0.2, -0.15) is 10.3 Å². The number of ether oxygens (including phenoxy) is 2. The van der Waals surface area contributed by atoms with E-state index in [9.17, 15) is 9.59 Å². The highest BCUT2D eigenvalue weighted by atomic mass is 32.2. The Morgan fingerprint density at radius 3 is 2.72 bits per heavy atom. The van der Waals surface area contributed by atoms with E-state index in [1.165, 1.54) is 28.0 Å². The predicted molar refractivity (Wildman–Crippen MR) is 161 cm³/mol. The van der Waals surface area contributed by atoms with Crippen molar-refractivity contribution in [3.63, 3.8) is 0 Å². The molecule has 0 radical (unpaired) electrons. The van der Waals surface area contributed by atoms with Crippen LogP contribution in [0.5, 0.6) is 5.75 Å². The molecule has 1 aromatic heterocycles. The molecule has 2 heterocycles. The van der Waals surface area contributed by atoms with Crippen molar-refractivity contribution in [2.45, 2.75) is 20.0 Å². The Kier molecular flexibility index (Phi) is 8.79. The molecule has 1 atom stereocenters. The summed E-state index contributed by atoms with van der Waals surface area (Å²) >= 11 is 1.13. The average Bonchev–Trinajstić information content (AvgIpc) is 3.64. The van der Waals surface area contributed by atoms with Crippen molar-refractivity contribution in [1.82, 2.24) is 14.8 Å². The van der Waals surface area contributed by atoms with Gasteiger partial charge < -0.3 is 14.8 Å². The quantitative estimate of drug-likeness (QED) is 0.274. The van der Waals surface area contributed by atoms with Gasteiger partial charge in [-0.15, -0.1) is 5.10 Å². The zero-order valence-corrected chi connectivity index (χ0v) is 24.3. The molecule has 43 heavy (non-hydrogen) atoms. The van der Waals surface area contributed by atoms with Crippen LogP contribution in [0, 0.1) is 24.1 Å². The predicted octanol–water partition coefficient (Wildman–Crippen LogP) is 5.66. The molecule has 1 N–H and O–H groups in total. The number of halogens is 1. The van der Waals surface area contributed by atoms with Gasteiger partial charge >= 0.3 is 6.03 Å². The molecule has 13 heteroatoms. The number of amidine groups is 1. The summed E-state index contributed by atoms with van der Waals surface area (Å²) < 4.78 is 27.3. The van der Waals surface area contributed by atoms with Crippen molar-refractivity contribution in [2.24, 2.45) is 4.99 Å². The van der Waals surface area contributed by atoms with Gasteiger partial charge in [-0.05, 0) is 67.9 Å². The number of aliphatic imine (C=N–C) groups is 1. The lowest BCUT2D eigenvalue weighted by molar-refractivity contribution is -0.115. The van der Waals surface area contributed by atoms with Gasteiger partial charge in [0, 0.05) is 18.2 Å². The lowest BCUT2D eigenvalue weighted by Crippen LogP contribution is -2.31. The summed E-state index contributed by atoms with van der Waals surface area (Å²) in [6.07, 6.45) is 1.19. The number of benzene rings is 3. The summed E-state index contributed by atoms with van der Waals surface area (Å²) in [5.41, 5.74) is 3.29. The number of carbonyl (C=O) groups excluding carboxylic acids is 2. The third-order valence-corrected chi connectivity index (χ3v) is 7.47. The van der Waals surface area contributed by atoms with E-state index in [4.69, 9.17) is 14.7 Å². The number of urea groups is 1. The van der Waals surface area contributed by atoms with Crippen LogP contribution in [0.1, 0.15) is 24.2 Å². The summed E-state index contributed by atoms with van der Waals surface area (Å²) in [5, 5.41) is 15.7. The molecule has 218 valence electrons. The highest BCUT2D eigenvalue weighted by Gasteiger charge is 2.33. The van der Waals surface area contributed by atoms with E-state index in [1.807, 2.05) is 38.1 Å². The van der Waals surface area contributed by atoms with E-state index >= 15 is 4.39 Å². The molecular weight excluding hydrogens is 573 g/mol. The summed E-state index contributed by atoms with van der Waals surface area (Å²) in [6.45, 7) is 3.71. The topological polar surface area (TPSA) is 135 Å². The molecule has 11 nitrogen and oxygen atoms in total. The first-order valence-electron chi connectivity index (χ1n) is 13.1. The number of anilines is 2. The Labute approximate surface area is 251 Å². The molecular formula is C30H26FN7O4S. The second-order valence-electron chi connectivity index (χ2n) is 9.43. The normalized spacial score (nSPS) is 14.5. The SMILES string of the molecule is COC(C)c1ccc(C)cc1N1C(=O)CSC1=NC(=O)Nc1ccc(-c2ncn(-c3ccc(OCC#N)cc3)n2)cc1F. The zero-order valence-electron chi connectivity index (χ0n) is 23.4. The molecule has 1 fully saturated rings. The van der Waals surface area contributed by atoms with Crippen LogP contribution in [0.25, 0.3) is 17.1 Å². The van der Waals surface area contributed by atoms with Gasteiger partial charge in [0.2, 0.25) is 5.91 Å². The average molecular weight is 600 g/mol. The maximum Gasteiger partial charge on any atom is 0.347 e. The number of hydrogen-bond acceptors (Lipinski definition) is 8. The molecule has 1 aliphatic heterocycles. The molecule has 4 aromatic rings. The van der Waals surface area contributed by atoms with E-state index in [0.29, 0.717) is 22.7 Å². The highest BCUT2D eigenvalue weighted by Crippen LogP contribution is 2.34. The van der Waals surface area contributed by atoms with Gasteiger partial charge in [0.25, 0.3) is 0 Å². The van der Waals surface area contributed by atoms with Crippen molar-refractivity contribution in [3.8, 4) is 28.9 Å². The molecule has 3 aromatic carbocycles. The van der Waals surface area contributed by atoms with E-state index in [-0.39, 0.29) is 41.1 Å². The van der Waals surface area contributed by atoms with Crippen LogP contribution in [0.2, 0.25) is 0 Å². The number of nitrogens with zero attached hydrogens (tertiary/aromatic N) is 6. The van der Waals surface area contributed by atoms with Crippen LogP contribution >= 0.6 is 11.8 Å². The van der Waals surface area contributed by atoms with Crippen molar-refractivity contribution in [1.29, 1.82) is 5.26 Å². The Bertz CT molecular complexity index is 1750. The molecule has 0 bridgehead atoms. The third-order valence-electron chi connectivity index (χ3n) is 6.55. The standard InChI is InChI=1S/C30H26FN7O4S/c1-18-4-10-23(19(2)41-3)26(14-18)38-27(39)16-43-30(38)35-29(40)34-25-11-5-20(15-24(25)31)28-33-17-37(36-28)21-6-8-22(9-7-21)42-13-12-32/h4-11,14-15,17,19H,13,16H2,1-3H3,(H,34,40). The Morgan fingerprint density at radius 2 is 2.00 bits per heavy atom. The number of hydrogen-bond donors (Lipinski definition) is 1. The fourth-order valence-corrected chi connectivity index (χ4v) is 5.17. The van der Waals surface area contributed by atoms with Gasteiger partial charge in [-0.1, -0.05) is 23.9 Å². The largest absolute Gasteiger partial charge is 0.479 e. The fraction of sp³-hybridized carbons (Fsp3) is 0.200. The van der Waals surface area contributed by atoms with E-state index < -0.39 is 11.8 Å². The van der Waals surface area contributed by atoms with Crippen LogP contribution in [-0.2, 0) is 9.53 Å². The smallest absolute Gasteiger partial charge is 0.347 e. The van der Waals surface area contributed by atoms with Crippen LogP contribution < -0.4 is 15.0 Å². The van der Waals surface area contributed by atoms with Crippen LogP contribution in [0.4, 0.5) is 20.6 Å². The van der Waals surface area contributed by atoms with Gasteiger partial charge in [-0.3, -0.25) is 9.69 Å². The molecule has 0 spiro atoms. The molecule has 0 saturated carbocycles. The summed E-state index contributed by atoms with van der Waals surface area (Å²) in [7, 11) is 1.58. The number of methoxy groups -OCH3 is 1. The van der Waals surface area contributed by atoms with E-state index in [1.54, 1.807) is 37.4 Å². The first kappa shape index (κ1) is 29.4. The minimum Gasteiger partial charge on any atom is -0.479 e. The number of nitrogens with one attached hydrogen (secondary N) is 1. The number of nitriles is 1. The first-order valence-corrected chi connectivity index (χ1v) is 14.1. The molecule has 1 aliphatic rings. The van der Waals surface area contributed by atoms with Crippen molar-refractivity contribution < 1.29 is 23.5 Å². The molecule has 5 rings (SSSR count). The maximum absolute atomic E-state index is 15.1. The lowest BCUT2D eigenvalue weighted by atomic mass is 10.0. The number of rotatable bonds is 8. The summed E-state index contributed by atoms with van der Waals surface area (Å²) in [4.78, 5) is 35.4. The second kappa shape index (κ2) is 12.8. The maximum atomic E-state index is 15.1. The van der Waals surface area contributed by atoms with Crippen molar-refractivity contribution in [2.75, 3.05) is 29.7 Å². The van der Waals surface area contributed by atoms with Crippen LogP contribution in [0.3, 0.4) is 0 Å². The van der Waals surface area contributed by atoms with E-state index in [2.05, 4.69) is 20.4 Å². The zero-order chi connectivity index (χ0) is 30.5. The molecule has 1 saturated heterocycles. The van der Waals surface area contributed by atoms with Crippen LogP contribution in [-0.4, -0.2) is 51.3 Å².